The highest BCUT2D eigenvalue weighted by molar-refractivity contribution is 6.32. The Morgan fingerprint density at radius 3 is 2.77 bits per heavy atom. The molecule has 0 radical (unpaired) electrons. The van der Waals surface area contributed by atoms with Gasteiger partial charge < -0.3 is 10.1 Å². The van der Waals surface area contributed by atoms with Gasteiger partial charge in [-0.1, -0.05) is 41.9 Å². The van der Waals surface area contributed by atoms with Crippen molar-refractivity contribution in [2.45, 2.75) is 19.8 Å². The van der Waals surface area contributed by atoms with Crippen LogP contribution in [0.4, 0.5) is 5.82 Å². The summed E-state index contributed by atoms with van der Waals surface area (Å²) >= 11 is 6.07. The summed E-state index contributed by atoms with van der Waals surface area (Å²) in [4.78, 5) is 17.1. The van der Waals surface area contributed by atoms with Gasteiger partial charge in [-0.25, -0.2) is 4.98 Å². The predicted molar refractivity (Wildman–Crippen MR) is 118 cm³/mol. The molecule has 152 valence electrons. The highest BCUT2D eigenvalue weighted by atomic mass is 35.5. The van der Waals surface area contributed by atoms with Gasteiger partial charge in [0.25, 0.3) is 0 Å². The lowest BCUT2D eigenvalue weighted by molar-refractivity contribution is -0.116. The number of fused-ring (bicyclic) bond motifs is 1. The number of carbonyl (C=O) groups excluding carboxylic acids is 1. The van der Waals surface area contributed by atoms with Gasteiger partial charge in [0.15, 0.2) is 5.82 Å². The molecule has 6 nitrogen and oxygen atoms in total. The van der Waals surface area contributed by atoms with E-state index in [2.05, 4.69) is 15.4 Å². The summed E-state index contributed by atoms with van der Waals surface area (Å²) in [5.74, 6) is 1.75. The monoisotopic (exact) mass is 420 g/mol. The average Bonchev–Trinajstić information content (AvgIpc) is 3.12. The van der Waals surface area contributed by atoms with Crippen molar-refractivity contribution in [3.8, 4) is 11.6 Å². The van der Waals surface area contributed by atoms with E-state index in [0.717, 1.165) is 16.6 Å². The minimum Gasteiger partial charge on any atom is -0.492 e. The first-order chi connectivity index (χ1) is 14.6. The summed E-state index contributed by atoms with van der Waals surface area (Å²) in [7, 11) is 0. The van der Waals surface area contributed by atoms with Crippen LogP contribution >= 0.6 is 11.6 Å². The lowest BCUT2D eigenvalue weighted by Gasteiger charge is -2.10. The normalized spacial score (nSPS) is 10.9. The van der Waals surface area contributed by atoms with Gasteiger partial charge in [0, 0.05) is 17.9 Å². The van der Waals surface area contributed by atoms with Crippen LogP contribution in [0.5, 0.6) is 5.75 Å². The number of amides is 1. The molecule has 0 aliphatic carbocycles. The molecule has 0 unspecified atom stereocenters. The number of aryl methyl sites for hydroxylation is 1. The molecule has 0 aliphatic rings. The maximum atomic E-state index is 12.4. The van der Waals surface area contributed by atoms with Crippen molar-refractivity contribution in [2.75, 3.05) is 11.9 Å². The number of benzene rings is 2. The zero-order valence-corrected chi connectivity index (χ0v) is 17.3. The van der Waals surface area contributed by atoms with Crippen LogP contribution in [0.1, 0.15) is 18.5 Å². The second-order valence-electron chi connectivity index (χ2n) is 6.88. The molecule has 0 fully saturated rings. The summed E-state index contributed by atoms with van der Waals surface area (Å²) < 4.78 is 7.29. The Hall–Kier alpha value is -3.38. The van der Waals surface area contributed by atoms with E-state index in [4.69, 9.17) is 16.3 Å². The third-order valence-electron chi connectivity index (χ3n) is 4.54. The number of aromatic nitrogens is 3. The maximum Gasteiger partial charge on any atom is 0.225 e. The van der Waals surface area contributed by atoms with E-state index in [1.54, 1.807) is 16.8 Å². The topological polar surface area (TPSA) is 69.0 Å². The Morgan fingerprint density at radius 2 is 1.90 bits per heavy atom. The fraction of sp³-hybridized carbons (Fsp3) is 0.174. The molecular formula is C23H21ClN4O2. The van der Waals surface area contributed by atoms with Gasteiger partial charge in [-0.15, -0.1) is 0 Å². The van der Waals surface area contributed by atoms with Crippen LogP contribution in [-0.4, -0.2) is 27.3 Å². The first kappa shape index (κ1) is 19.9. The second kappa shape index (κ2) is 8.97. The SMILES string of the molecule is Cc1cc(NC(=O)CCCOc2ccccc2Cl)n(-c2ccc3ccccc3n2)n1. The fourth-order valence-electron chi connectivity index (χ4n) is 3.12. The van der Waals surface area contributed by atoms with Crippen molar-refractivity contribution in [3.63, 3.8) is 0 Å². The molecule has 4 rings (SSSR count). The zero-order chi connectivity index (χ0) is 20.9. The van der Waals surface area contributed by atoms with E-state index in [1.165, 1.54) is 0 Å². The van der Waals surface area contributed by atoms with Crippen LogP contribution < -0.4 is 10.1 Å². The molecule has 0 saturated carbocycles. The molecule has 4 aromatic rings. The average molecular weight is 421 g/mol. The number of anilines is 1. The van der Waals surface area contributed by atoms with Gasteiger partial charge in [0.05, 0.1) is 22.8 Å². The molecule has 0 atom stereocenters. The number of hydrogen-bond acceptors (Lipinski definition) is 4. The number of carbonyl (C=O) groups is 1. The Balaban J connectivity index is 1.39. The highest BCUT2D eigenvalue weighted by Gasteiger charge is 2.12. The third-order valence-corrected chi connectivity index (χ3v) is 4.85. The van der Waals surface area contributed by atoms with Crippen molar-refractivity contribution in [1.29, 1.82) is 0 Å². The number of rotatable bonds is 7. The smallest absolute Gasteiger partial charge is 0.225 e. The summed E-state index contributed by atoms with van der Waals surface area (Å²) in [5.41, 5.74) is 1.67. The Morgan fingerprint density at radius 1 is 1.10 bits per heavy atom. The molecule has 1 amide bonds. The number of nitrogens with zero attached hydrogens (tertiary/aromatic N) is 3. The van der Waals surface area contributed by atoms with Gasteiger partial charge in [0.1, 0.15) is 11.6 Å². The summed E-state index contributed by atoms with van der Waals surface area (Å²) in [6.07, 6.45) is 0.887. The molecule has 0 saturated heterocycles. The molecule has 0 spiro atoms. The minimum absolute atomic E-state index is 0.111. The Bertz CT molecular complexity index is 1190. The quantitative estimate of drug-likeness (QED) is 0.418. The summed E-state index contributed by atoms with van der Waals surface area (Å²) in [6, 6.07) is 20.9. The summed E-state index contributed by atoms with van der Waals surface area (Å²) in [6.45, 7) is 2.28. The Kier molecular flexibility index (Phi) is 5.95. The van der Waals surface area contributed by atoms with Gasteiger partial charge in [-0.05, 0) is 43.7 Å². The number of ether oxygens (including phenoxy) is 1. The third kappa shape index (κ3) is 4.60. The largest absolute Gasteiger partial charge is 0.492 e. The second-order valence-corrected chi connectivity index (χ2v) is 7.28. The molecule has 0 bridgehead atoms. The molecule has 0 aliphatic heterocycles. The number of pyridine rings is 1. The number of nitrogens with one attached hydrogen (secondary N) is 1. The van der Waals surface area contributed by atoms with E-state index < -0.39 is 0 Å². The van der Waals surface area contributed by atoms with Crippen LogP contribution in [0.3, 0.4) is 0 Å². The van der Waals surface area contributed by atoms with Gasteiger partial charge in [0.2, 0.25) is 5.91 Å². The maximum absolute atomic E-state index is 12.4. The highest BCUT2D eigenvalue weighted by Crippen LogP contribution is 2.23. The van der Waals surface area contributed by atoms with E-state index in [9.17, 15) is 4.79 Å². The van der Waals surface area contributed by atoms with Gasteiger partial charge in [-0.2, -0.15) is 9.78 Å². The molecule has 7 heteroatoms. The minimum atomic E-state index is -0.111. The van der Waals surface area contributed by atoms with Crippen LogP contribution in [0.25, 0.3) is 16.7 Å². The van der Waals surface area contributed by atoms with Crippen LogP contribution in [0, 0.1) is 6.92 Å². The fourth-order valence-corrected chi connectivity index (χ4v) is 3.31. The first-order valence-corrected chi connectivity index (χ1v) is 10.1. The molecule has 30 heavy (non-hydrogen) atoms. The van der Waals surface area contributed by atoms with E-state index in [1.807, 2.05) is 61.5 Å². The molecule has 2 heterocycles. The lowest BCUT2D eigenvalue weighted by Crippen LogP contribution is -2.16. The zero-order valence-electron chi connectivity index (χ0n) is 16.5. The Labute approximate surface area is 179 Å². The van der Waals surface area contributed by atoms with Crippen molar-refractivity contribution in [1.82, 2.24) is 14.8 Å². The van der Waals surface area contributed by atoms with Crippen molar-refractivity contribution < 1.29 is 9.53 Å². The van der Waals surface area contributed by atoms with Crippen LogP contribution in [-0.2, 0) is 4.79 Å². The number of hydrogen-bond donors (Lipinski definition) is 1. The summed E-state index contributed by atoms with van der Waals surface area (Å²) in [5, 5.41) is 9.02. The van der Waals surface area contributed by atoms with Gasteiger partial charge >= 0.3 is 0 Å². The molecule has 1 N–H and O–H groups in total. The number of para-hydroxylation sites is 2. The van der Waals surface area contributed by atoms with Crippen molar-refractivity contribution in [2.24, 2.45) is 0 Å². The molecule has 2 aromatic carbocycles. The van der Waals surface area contributed by atoms with E-state index in [0.29, 0.717) is 41.9 Å². The first-order valence-electron chi connectivity index (χ1n) is 9.70. The molecule has 2 aromatic heterocycles. The van der Waals surface area contributed by atoms with Crippen LogP contribution in [0.15, 0.2) is 66.7 Å². The predicted octanol–water partition coefficient (Wildman–Crippen LogP) is 5.18. The lowest BCUT2D eigenvalue weighted by atomic mass is 10.2. The van der Waals surface area contributed by atoms with Gasteiger partial charge in [-0.3, -0.25) is 4.79 Å². The standard InChI is InChI=1S/C23H21ClN4O2/c1-16-15-22(26-23(29)11-6-14-30-20-10-5-3-8-18(20)24)28(27-16)21-13-12-17-7-2-4-9-19(17)25-21/h2-5,7-10,12-13,15H,6,11,14H2,1H3,(H,26,29). The van der Waals surface area contributed by atoms with E-state index in [-0.39, 0.29) is 5.91 Å². The van der Waals surface area contributed by atoms with Crippen molar-refractivity contribution >= 4 is 34.2 Å². The van der Waals surface area contributed by atoms with Crippen LogP contribution in [0.2, 0.25) is 5.02 Å². The molecular weight excluding hydrogens is 400 g/mol. The van der Waals surface area contributed by atoms with Crippen molar-refractivity contribution in [3.05, 3.63) is 77.4 Å². The number of halogens is 1. The van der Waals surface area contributed by atoms with E-state index >= 15 is 0 Å².